The molecule has 0 bridgehead atoms. The monoisotopic (exact) mass is 446 g/mol. The van der Waals surface area contributed by atoms with Gasteiger partial charge in [-0.1, -0.05) is 72.8 Å². The van der Waals surface area contributed by atoms with Crippen LogP contribution in [-0.2, 0) is 16.0 Å². The Kier molecular flexibility index (Phi) is 7.94. The first-order chi connectivity index (χ1) is 15.9. The number of aryl methyl sites for hydroxylation is 1. The third kappa shape index (κ3) is 6.27. The fourth-order valence-electron chi connectivity index (χ4n) is 3.49. The number of aliphatic hydroxyl groups is 1. The zero-order chi connectivity index (χ0) is 23.8. The van der Waals surface area contributed by atoms with Gasteiger partial charge in [0.25, 0.3) is 11.8 Å². The van der Waals surface area contributed by atoms with Crippen molar-refractivity contribution in [3.8, 4) is 0 Å². The van der Waals surface area contributed by atoms with Crippen molar-refractivity contribution in [1.29, 1.82) is 0 Å². The predicted octanol–water partition coefficient (Wildman–Crippen LogP) is 2.64. The van der Waals surface area contributed by atoms with Gasteiger partial charge in [0, 0.05) is 12.0 Å². The van der Waals surface area contributed by atoms with Crippen molar-refractivity contribution in [3.63, 3.8) is 0 Å². The Bertz CT molecular complexity index is 1100. The Balaban J connectivity index is 1.79. The fourth-order valence-corrected chi connectivity index (χ4v) is 3.49. The number of carbonyl (C=O) groups excluding carboxylic acids is 2. The van der Waals surface area contributed by atoms with Crippen LogP contribution in [0.3, 0.4) is 0 Å². The first-order valence-electron chi connectivity index (χ1n) is 10.5. The van der Waals surface area contributed by atoms with Crippen LogP contribution in [-0.4, -0.2) is 40.1 Å². The number of carboxylic acid groups (broad SMARTS) is 1. The molecule has 3 aromatic rings. The minimum atomic E-state index is -1.71. The van der Waals surface area contributed by atoms with E-state index in [1.165, 1.54) is 0 Å². The van der Waals surface area contributed by atoms with E-state index in [1.54, 1.807) is 72.8 Å². The number of carbonyl (C=O) groups is 3. The Hall–Kier alpha value is -3.97. The number of carboxylic acids is 1. The molecule has 0 unspecified atom stereocenters. The average Bonchev–Trinajstić information content (AvgIpc) is 2.83. The molecule has 0 aromatic heterocycles. The smallest absolute Gasteiger partial charge is 0.326 e. The van der Waals surface area contributed by atoms with E-state index in [2.05, 4.69) is 10.6 Å². The van der Waals surface area contributed by atoms with Gasteiger partial charge in [-0.25, -0.2) is 4.79 Å². The van der Waals surface area contributed by atoms with Crippen molar-refractivity contribution in [2.45, 2.75) is 31.5 Å². The van der Waals surface area contributed by atoms with E-state index in [4.69, 9.17) is 0 Å². The molecule has 0 spiro atoms. The second-order valence-corrected chi connectivity index (χ2v) is 7.70. The first kappa shape index (κ1) is 23.7. The van der Waals surface area contributed by atoms with E-state index in [9.17, 15) is 24.6 Å². The summed E-state index contributed by atoms with van der Waals surface area (Å²) in [5.74, 6) is -2.58. The minimum absolute atomic E-state index is 0.0623. The summed E-state index contributed by atoms with van der Waals surface area (Å²) in [7, 11) is 0. The van der Waals surface area contributed by atoms with Crippen LogP contribution in [0.25, 0.3) is 0 Å². The van der Waals surface area contributed by atoms with Gasteiger partial charge in [-0.3, -0.25) is 9.59 Å². The molecule has 0 fully saturated rings. The third-order valence-electron chi connectivity index (χ3n) is 5.37. The largest absolute Gasteiger partial charge is 0.480 e. The summed E-state index contributed by atoms with van der Waals surface area (Å²) >= 11 is 0. The highest BCUT2D eigenvalue weighted by Gasteiger charge is 2.32. The Morgan fingerprint density at radius 3 is 2.00 bits per heavy atom. The molecule has 3 atom stereocenters. The predicted molar refractivity (Wildman–Crippen MR) is 124 cm³/mol. The molecule has 0 saturated carbocycles. The van der Waals surface area contributed by atoms with Crippen LogP contribution in [0.15, 0.2) is 84.9 Å². The summed E-state index contributed by atoms with van der Waals surface area (Å²) in [5.41, 5.74) is 2.55. The summed E-state index contributed by atoms with van der Waals surface area (Å²) in [6.07, 6.45) is -1.65. The molecular weight excluding hydrogens is 420 g/mol. The van der Waals surface area contributed by atoms with Crippen LogP contribution in [0.1, 0.15) is 33.1 Å². The lowest BCUT2D eigenvalue weighted by Gasteiger charge is -2.25. The number of hydrogen-bond donors (Lipinski definition) is 4. The molecule has 7 heteroatoms. The summed E-state index contributed by atoms with van der Waals surface area (Å²) in [5, 5.41) is 25.6. The zero-order valence-corrected chi connectivity index (χ0v) is 18.1. The summed E-state index contributed by atoms with van der Waals surface area (Å²) in [4.78, 5) is 37.4. The van der Waals surface area contributed by atoms with Crippen molar-refractivity contribution in [2.24, 2.45) is 0 Å². The van der Waals surface area contributed by atoms with E-state index in [-0.39, 0.29) is 6.42 Å². The summed E-state index contributed by atoms with van der Waals surface area (Å²) in [6.45, 7) is 1.86. The number of aliphatic carboxylic acids is 1. The van der Waals surface area contributed by atoms with Gasteiger partial charge in [-0.2, -0.15) is 0 Å². The van der Waals surface area contributed by atoms with Crippen LogP contribution in [0.5, 0.6) is 0 Å². The minimum Gasteiger partial charge on any atom is -0.480 e. The highest BCUT2D eigenvalue weighted by molar-refractivity contribution is 5.95. The summed E-state index contributed by atoms with van der Waals surface area (Å²) < 4.78 is 0. The van der Waals surface area contributed by atoms with Crippen molar-refractivity contribution >= 4 is 17.8 Å². The van der Waals surface area contributed by atoms with Gasteiger partial charge in [0.1, 0.15) is 6.04 Å². The zero-order valence-electron chi connectivity index (χ0n) is 18.1. The average molecular weight is 447 g/mol. The van der Waals surface area contributed by atoms with Gasteiger partial charge in [0.15, 0.2) is 6.10 Å². The molecule has 3 rings (SSSR count). The molecule has 4 N–H and O–H groups in total. The molecule has 170 valence electrons. The number of rotatable bonds is 9. The molecule has 0 heterocycles. The maximum absolute atomic E-state index is 12.9. The maximum atomic E-state index is 12.9. The van der Waals surface area contributed by atoms with Crippen LogP contribution >= 0.6 is 0 Å². The molecule has 2 amide bonds. The Labute approximate surface area is 192 Å². The normalized spacial score (nSPS) is 13.4. The lowest BCUT2D eigenvalue weighted by molar-refractivity contribution is -0.143. The molecule has 0 aliphatic rings. The van der Waals surface area contributed by atoms with E-state index in [0.717, 1.165) is 11.1 Å². The van der Waals surface area contributed by atoms with E-state index < -0.39 is 36.0 Å². The molecule has 3 aromatic carbocycles. The Morgan fingerprint density at radius 1 is 0.818 bits per heavy atom. The van der Waals surface area contributed by atoms with Gasteiger partial charge in [0.2, 0.25) is 0 Å². The van der Waals surface area contributed by atoms with Crippen LogP contribution in [0.2, 0.25) is 0 Å². The second-order valence-electron chi connectivity index (χ2n) is 7.70. The fraction of sp³-hybridized carbons (Fsp3) is 0.192. The van der Waals surface area contributed by atoms with Gasteiger partial charge in [-0.05, 0) is 35.7 Å². The highest BCUT2D eigenvalue weighted by atomic mass is 16.4. The van der Waals surface area contributed by atoms with E-state index >= 15 is 0 Å². The van der Waals surface area contributed by atoms with Gasteiger partial charge in [-0.15, -0.1) is 0 Å². The lowest BCUT2D eigenvalue weighted by Crippen LogP contribution is -2.50. The van der Waals surface area contributed by atoms with Crippen LogP contribution in [0, 0.1) is 6.92 Å². The molecule has 0 radical (unpaired) electrons. The van der Waals surface area contributed by atoms with Crippen molar-refractivity contribution < 1.29 is 24.6 Å². The lowest BCUT2D eigenvalue weighted by atomic mass is 9.98. The van der Waals surface area contributed by atoms with Gasteiger partial charge in [0.05, 0.1) is 6.04 Å². The molecule has 0 aliphatic carbocycles. The SMILES string of the molecule is Cc1ccccc1C[C@H](NC(=O)[C@H](O)[C@@H](NC(=O)c1ccccc1)c1ccccc1)C(=O)O. The Morgan fingerprint density at radius 2 is 1.39 bits per heavy atom. The second kappa shape index (κ2) is 11.1. The van der Waals surface area contributed by atoms with E-state index in [1.807, 2.05) is 19.1 Å². The number of aliphatic hydroxyl groups excluding tert-OH is 1. The molecule has 7 nitrogen and oxygen atoms in total. The van der Waals surface area contributed by atoms with Gasteiger partial charge < -0.3 is 20.8 Å². The van der Waals surface area contributed by atoms with E-state index in [0.29, 0.717) is 11.1 Å². The number of benzene rings is 3. The summed E-state index contributed by atoms with van der Waals surface area (Å²) in [6, 6.07) is 22.0. The van der Waals surface area contributed by atoms with Crippen LogP contribution in [0.4, 0.5) is 0 Å². The molecular formula is C26H26N2O5. The number of nitrogens with one attached hydrogen (secondary N) is 2. The highest BCUT2D eigenvalue weighted by Crippen LogP contribution is 2.19. The van der Waals surface area contributed by atoms with Crippen molar-refractivity contribution in [1.82, 2.24) is 10.6 Å². The maximum Gasteiger partial charge on any atom is 0.326 e. The molecule has 0 saturated heterocycles. The van der Waals surface area contributed by atoms with Crippen molar-refractivity contribution in [3.05, 3.63) is 107 Å². The van der Waals surface area contributed by atoms with Crippen molar-refractivity contribution in [2.75, 3.05) is 0 Å². The quantitative estimate of drug-likeness (QED) is 0.403. The third-order valence-corrected chi connectivity index (χ3v) is 5.37. The van der Waals surface area contributed by atoms with Crippen LogP contribution < -0.4 is 10.6 Å². The molecule has 0 aliphatic heterocycles. The number of amides is 2. The number of hydrogen-bond acceptors (Lipinski definition) is 4. The standard InChI is InChI=1S/C26H26N2O5/c1-17-10-8-9-15-20(17)16-21(26(32)33)27-25(31)23(29)22(18-11-4-2-5-12-18)28-24(30)19-13-6-3-7-14-19/h2-15,21-23,29H,16H2,1H3,(H,27,31)(H,28,30)(H,32,33)/t21-,22-,23+/m0/s1. The van der Waals surface area contributed by atoms with Gasteiger partial charge >= 0.3 is 5.97 Å². The topological polar surface area (TPSA) is 116 Å². The first-order valence-corrected chi connectivity index (χ1v) is 10.5. The molecule has 33 heavy (non-hydrogen) atoms.